The number of hydrogen-bond acceptors (Lipinski definition) is 2. The van der Waals surface area contributed by atoms with E-state index in [2.05, 4.69) is 5.32 Å². The van der Waals surface area contributed by atoms with Crippen molar-refractivity contribution in [2.45, 2.75) is 32.0 Å². The van der Waals surface area contributed by atoms with Gasteiger partial charge in [0.2, 0.25) is 5.91 Å². The van der Waals surface area contributed by atoms with Crippen LogP contribution < -0.4 is 11.1 Å². The molecule has 26 heavy (non-hydrogen) atoms. The van der Waals surface area contributed by atoms with E-state index in [4.69, 9.17) is 5.73 Å². The predicted molar refractivity (Wildman–Crippen MR) is 99.2 cm³/mol. The van der Waals surface area contributed by atoms with Gasteiger partial charge in [-0.15, -0.1) is 12.4 Å². The maximum absolute atomic E-state index is 12.5. The number of aryl methyl sites for hydroxylation is 1. The van der Waals surface area contributed by atoms with E-state index in [9.17, 15) is 18.0 Å². The Kier molecular flexibility index (Phi) is 8.11. The average molecular weight is 387 g/mol. The first-order valence-corrected chi connectivity index (χ1v) is 8.04. The Labute approximate surface area is 157 Å². The minimum absolute atomic E-state index is 0. The average Bonchev–Trinajstić information content (AvgIpc) is 2.59. The van der Waals surface area contributed by atoms with E-state index in [1.165, 1.54) is 0 Å². The van der Waals surface area contributed by atoms with Crippen molar-refractivity contribution in [2.24, 2.45) is 11.7 Å². The number of amides is 1. The van der Waals surface area contributed by atoms with Crippen LogP contribution in [-0.2, 0) is 11.2 Å². The number of halogens is 4. The number of hydrogen-bond donors (Lipinski definition) is 2. The molecule has 0 aliphatic carbocycles. The van der Waals surface area contributed by atoms with Gasteiger partial charge in [0.25, 0.3) is 0 Å². The lowest BCUT2D eigenvalue weighted by atomic mass is 9.94. The minimum Gasteiger partial charge on any atom is -0.326 e. The Morgan fingerprint density at radius 3 is 2.27 bits per heavy atom. The monoisotopic (exact) mass is 386 g/mol. The number of alkyl halides is 3. The van der Waals surface area contributed by atoms with Crippen LogP contribution in [0.15, 0.2) is 54.6 Å². The number of carbonyl (C=O) groups is 1. The van der Waals surface area contributed by atoms with Gasteiger partial charge in [0.1, 0.15) is 0 Å². The molecule has 1 amide bonds. The fourth-order valence-corrected chi connectivity index (χ4v) is 2.51. The summed E-state index contributed by atoms with van der Waals surface area (Å²) in [6.07, 6.45) is -5.35. The second-order valence-electron chi connectivity index (χ2n) is 5.99. The molecule has 0 radical (unpaired) electrons. The van der Waals surface area contributed by atoms with Crippen molar-refractivity contribution >= 4 is 24.0 Å². The van der Waals surface area contributed by atoms with E-state index in [1.54, 1.807) is 31.2 Å². The Hall–Kier alpha value is -2.05. The number of para-hydroxylation sites is 1. The number of rotatable bonds is 6. The third-order valence-corrected chi connectivity index (χ3v) is 4.09. The van der Waals surface area contributed by atoms with Crippen LogP contribution in [0.3, 0.4) is 0 Å². The highest BCUT2D eigenvalue weighted by Crippen LogP contribution is 2.26. The van der Waals surface area contributed by atoms with Crippen molar-refractivity contribution in [3.05, 3.63) is 65.7 Å². The molecular weight excluding hydrogens is 365 g/mol. The smallest absolute Gasteiger partial charge is 0.326 e. The van der Waals surface area contributed by atoms with Crippen molar-refractivity contribution in [3.8, 4) is 0 Å². The van der Waals surface area contributed by atoms with Gasteiger partial charge >= 0.3 is 6.18 Å². The zero-order valence-electron chi connectivity index (χ0n) is 14.3. The van der Waals surface area contributed by atoms with E-state index in [0.717, 1.165) is 5.56 Å². The van der Waals surface area contributed by atoms with E-state index in [-0.39, 0.29) is 24.7 Å². The normalized spacial score (nSPS) is 13.4. The third kappa shape index (κ3) is 6.35. The maximum Gasteiger partial charge on any atom is 0.389 e. The van der Waals surface area contributed by atoms with Gasteiger partial charge in [-0.2, -0.15) is 13.2 Å². The van der Waals surface area contributed by atoms with Crippen molar-refractivity contribution in [1.82, 2.24) is 0 Å². The Morgan fingerprint density at radius 1 is 1.08 bits per heavy atom. The second kappa shape index (κ2) is 9.59. The van der Waals surface area contributed by atoms with Crippen LogP contribution in [0, 0.1) is 5.92 Å². The molecule has 0 aliphatic heterocycles. The summed E-state index contributed by atoms with van der Waals surface area (Å²) < 4.78 is 37.4. The Balaban J connectivity index is 0.00000338. The standard InChI is InChI=1S/C19H21F3N2O.ClH/c1-13(17(23)15-8-3-2-4-9-15)18(25)24-16-10-6-5-7-14(16)11-12-19(20,21)22;/h2-10,13,17H,11-12,23H2,1H3,(H,24,25);1H. The Morgan fingerprint density at radius 2 is 1.65 bits per heavy atom. The van der Waals surface area contributed by atoms with Crippen LogP contribution in [0.2, 0.25) is 0 Å². The first kappa shape index (κ1) is 22.0. The molecule has 0 spiro atoms. The first-order chi connectivity index (χ1) is 11.8. The van der Waals surface area contributed by atoms with E-state index >= 15 is 0 Å². The molecule has 142 valence electrons. The Bertz CT molecular complexity index is 707. The molecule has 2 rings (SSSR count). The zero-order chi connectivity index (χ0) is 18.4. The molecule has 0 aliphatic rings. The summed E-state index contributed by atoms with van der Waals surface area (Å²) in [6.45, 7) is 1.70. The van der Waals surface area contributed by atoms with Gasteiger partial charge in [-0.25, -0.2) is 0 Å². The number of nitrogens with two attached hydrogens (primary N) is 1. The lowest BCUT2D eigenvalue weighted by molar-refractivity contribution is -0.133. The number of benzene rings is 2. The number of nitrogens with one attached hydrogen (secondary N) is 1. The van der Waals surface area contributed by atoms with Gasteiger partial charge in [0.05, 0.1) is 5.92 Å². The fraction of sp³-hybridized carbons (Fsp3) is 0.316. The lowest BCUT2D eigenvalue weighted by Crippen LogP contribution is -2.30. The molecule has 2 unspecified atom stereocenters. The van der Waals surface area contributed by atoms with Crippen molar-refractivity contribution in [2.75, 3.05) is 5.32 Å². The van der Waals surface area contributed by atoms with Gasteiger partial charge in [-0.1, -0.05) is 55.5 Å². The zero-order valence-corrected chi connectivity index (χ0v) is 15.1. The summed E-state index contributed by atoms with van der Waals surface area (Å²) in [6, 6.07) is 15.2. The van der Waals surface area contributed by atoms with Gasteiger partial charge in [0.15, 0.2) is 0 Å². The molecule has 2 aromatic rings. The lowest BCUT2D eigenvalue weighted by Gasteiger charge is -2.21. The summed E-state index contributed by atoms with van der Waals surface area (Å²) in [4.78, 5) is 12.5. The summed E-state index contributed by atoms with van der Waals surface area (Å²) in [5.41, 5.74) is 7.81. The molecule has 0 saturated carbocycles. The second-order valence-corrected chi connectivity index (χ2v) is 5.99. The SMILES string of the molecule is CC(C(=O)Nc1ccccc1CCC(F)(F)F)C(N)c1ccccc1.Cl. The van der Waals surface area contributed by atoms with Gasteiger partial charge in [-0.05, 0) is 23.6 Å². The van der Waals surface area contributed by atoms with Gasteiger partial charge < -0.3 is 11.1 Å². The van der Waals surface area contributed by atoms with Gasteiger partial charge in [-0.3, -0.25) is 4.79 Å². The topological polar surface area (TPSA) is 55.1 Å². The molecular formula is C19H22ClF3N2O. The van der Waals surface area contributed by atoms with E-state index in [0.29, 0.717) is 11.3 Å². The molecule has 0 saturated heterocycles. The molecule has 2 aromatic carbocycles. The molecule has 0 heterocycles. The molecule has 3 N–H and O–H groups in total. The quantitative estimate of drug-likeness (QED) is 0.743. The summed E-state index contributed by atoms with van der Waals surface area (Å²) in [5, 5.41) is 2.71. The van der Waals surface area contributed by atoms with E-state index < -0.39 is 24.6 Å². The van der Waals surface area contributed by atoms with Crippen molar-refractivity contribution in [3.63, 3.8) is 0 Å². The van der Waals surface area contributed by atoms with E-state index in [1.807, 2.05) is 30.3 Å². The van der Waals surface area contributed by atoms with Crippen LogP contribution in [0.4, 0.5) is 18.9 Å². The summed E-state index contributed by atoms with van der Waals surface area (Å²) in [5.74, 6) is -0.853. The summed E-state index contributed by atoms with van der Waals surface area (Å²) in [7, 11) is 0. The molecule has 0 bridgehead atoms. The van der Waals surface area contributed by atoms with Gasteiger partial charge in [0, 0.05) is 18.2 Å². The first-order valence-electron chi connectivity index (χ1n) is 8.04. The predicted octanol–water partition coefficient (Wildman–Crippen LogP) is 4.88. The minimum atomic E-state index is -4.24. The molecule has 0 fully saturated rings. The number of carbonyl (C=O) groups excluding carboxylic acids is 1. The highest BCUT2D eigenvalue weighted by Gasteiger charge is 2.27. The third-order valence-electron chi connectivity index (χ3n) is 4.09. The molecule has 3 nitrogen and oxygen atoms in total. The highest BCUT2D eigenvalue weighted by atomic mass is 35.5. The molecule has 0 aromatic heterocycles. The molecule has 2 atom stereocenters. The van der Waals surface area contributed by atoms with Crippen LogP contribution >= 0.6 is 12.4 Å². The maximum atomic E-state index is 12.5. The largest absolute Gasteiger partial charge is 0.389 e. The molecule has 7 heteroatoms. The van der Waals surface area contributed by atoms with Crippen molar-refractivity contribution in [1.29, 1.82) is 0 Å². The van der Waals surface area contributed by atoms with Crippen LogP contribution in [-0.4, -0.2) is 12.1 Å². The summed E-state index contributed by atoms with van der Waals surface area (Å²) >= 11 is 0. The fourth-order valence-electron chi connectivity index (χ4n) is 2.51. The van der Waals surface area contributed by atoms with Crippen molar-refractivity contribution < 1.29 is 18.0 Å². The van der Waals surface area contributed by atoms with Crippen LogP contribution in [0.5, 0.6) is 0 Å². The van der Waals surface area contributed by atoms with Crippen LogP contribution in [0.1, 0.15) is 30.5 Å². The highest BCUT2D eigenvalue weighted by molar-refractivity contribution is 5.93. The number of anilines is 1. The van der Waals surface area contributed by atoms with Crippen LogP contribution in [0.25, 0.3) is 0 Å².